The van der Waals surface area contributed by atoms with Crippen molar-refractivity contribution in [1.82, 2.24) is 24.9 Å². The third kappa shape index (κ3) is 5.29. The fourth-order valence-electron chi connectivity index (χ4n) is 3.49. The molecular weight excluding hydrogens is 320 g/mol. The van der Waals surface area contributed by atoms with E-state index in [1.54, 1.807) is 0 Å². The number of ether oxygens (including phenoxy) is 1. The minimum Gasteiger partial charge on any atom is -0.378 e. The molecule has 0 radical (unpaired) electrons. The Balaban J connectivity index is 1.35. The van der Waals surface area contributed by atoms with E-state index in [0.717, 1.165) is 58.3 Å². The summed E-state index contributed by atoms with van der Waals surface area (Å²) in [7, 11) is 1.85. The van der Waals surface area contributed by atoms with Gasteiger partial charge in [-0.15, -0.1) is 0 Å². The number of rotatable bonds is 5. The number of piperazine rings is 1. The number of amides is 1. The first-order chi connectivity index (χ1) is 12.3. The average Bonchev–Trinajstić information content (AvgIpc) is 2.62. The summed E-state index contributed by atoms with van der Waals surface area (Å²) < 4.78 is 5.31. The minimum atomic E-state index is 0.230. The van der Waals surface area contributed by atoms with Crippen molar-refractivity contribution >= 4 is 11.9 Å². The van der Waals surface area contributed by atoms with Crippen LogP contribution in [0, 0.1) is 0 Å². The van der Waals surface area contributed by atoms with Crippen LogP contribution in [0.4, 0.5) is 0 Å². The molecule has 3 rings (SSSR count). The zero-order valence-corrected chi connectivity index (χ0v) is 15.5. The first-order valence-corrected chi connectivity index (χ1v) is 9.52. The molecule has 1 amide bonds. The SMILES string of the molecule is CN=C(NCCN1CCC1)N1CCN(CC(=O)N2CCOCC2)CC1. The summed E-state index contributed by atoms with van der Waals surface area (Å²) in [5, 5.41) is 3.47. The lowest BCUT2D eigenvalue weighted by molar-refractivity contribution is -0.136. The Morgan fingerprint density at radius 3 is 2.28 bits per heavy atom. The Kier molecular flexibility index (Phi) is 6.89. The number of hydrogen-bond acceptors (Lipinski definition) is 5. The highest BCUT2D eigenvalue weighted by molar-refractivity contribution is 5.80. The van der Waals surface area contributed by atoms with E-state index < -0.39 is 0 Å². The maximum absolute atomic E-state index is 12.4. The standard InChI is InChI=1S/C17H32N6O2/c1-18-17(19-3-6-20-4-2-5-20)23-9-7-21(8-10-23)15-16(24)22-11-13-25-14-12-22/h2-15H2,1H3,(H,18,19). The molecule has 3 fully saturated rings. The number of guanidine groups is 1. The Bertz CT molecular complexity index is 454. The normalized spacial score (nSPS) is 23.5. The summed E-state index contributed by atoms with van der Waals surface area (Å²) in [6.07, 6.45) is 1.33. The predicted molar refractivity (Wildman–Crippen MR) is 97.8 cm³/mol. The van der Waals surface area contributed by atoms with Gasteiger partial charge in [-0.25, -0.2) is 0 Å². The molecule has 25 heavy (non-hydrogen) atoms. The van der Waals surface area contributed by atoms with Crippen molar-refractivity contribution in [3.05, 3.63) is 0 Å². The number of carbonyl (C=O) groups is 1. The predicted octanol–water partition coefficient (Wildman–Crippen LogP) is -1.26. The molecule has 142 valence electrons. The molecule has 0 saturated carbocycles. The van der Waals surface area contributed by atoms with Crippen molar-refractivity contribution in [3.63, 3.8) is 0 Å². The van der Waals surface area contributed by atoms with E-state index in [9.17, 15) is 4.79 Å². The lowest BCUT2D eigenvalue weighted by atomic mass is 10.2. The van der Waals surface area contributed by atoms with Gasteiger partial charge in [-0.1, -0.05) is 0 Å². The minimum absolute atomic E-state index is 0.230. The molecule has 0 aliphatic carbocycles. The van der Waals surface area contributed by atoms with Crippen molar-refractivity contribution in [2.45, 2.75) is 6.42 Å². The Morgan fingerprint density at radius 2 is 1.68 bits per heavy atom. The number of morpholine rings is 1. The highest BCUT2D eigenvalue weighted by Gasteiger charge is 2.24. The number of aliphatic imine (C=N–C) groups is 1. The van der Waals surface area contributed by atoms with Crippen molar-refractivity contribution in [2.75, 3.05) is 92.3 Å². The van der Waals surface area contributed by atoms with Crippen molar-refractivity contribution < 1.29 is 9.53 Å². The Hall–Kier alpha value is -1.38. The molecule has 0 aromatic carbocycles. The monoisotopic (exact) mass is 352 g/mol. The molecule has 0 unspecified atom stereocenters. The lowest BCUT2D eigenvalue weighted by Gasteiger charge is -2.37. The quantitative estimate of drug-likeness (QED) is 0.493. The van der Waals surface area contributed by atoms with Gasteiger partial charge >= 0.3 is 0 Å². The smallest absolute Gasteiger partial charge is 0.236 e. The second-order valence-corrected chi connectivity index (χ2v) is 6.93. The van der Waals surface area contributed by atoms with E-state index in [-0.39, 0.29) is 5.91 Å². The van der Waals surface area contributed by atoms with Crippen LogP contribution >= 0.6 is 0 Å². The van der Waals surface area contributed by atoms with Gasteiger partial charge in [0.15, 0.2) is 5.96 Å². The molecule has 3 heterocycles. The molecular formula is C17H32N6O2. The van der Waals surface area contributed by atoms with Crippen LogP contribution in [-0.4, -0.2) is 124 Å². The van der Waals surface area contributed by atoms with Crippen LogP contribution in [0.5, 0.6) is 0 Å². The van der Waals surface area contributed by atoms with Gasteiger partial charge in [0.1, 0.15) is 0 Å². The van der Waals surface area contributed by atoms with Crippen molar-refractivity contribution in [2.24, 2.45) is 4.99 Å². The molecule has 8 nitrogen and oxygen atoms in total. The molecule has 0 atom stereocenters. The summed E-state index contributed by atoms with van der Waals surface area (Å²) >= 11 is 0. The van der Waals surface area contributed by atoms with Gasteiger partial charge in [0.25, 0.3) is 0 Å². The van der Waals surface area contributed by atoms with Gasteiger partial charge < -0.3 is 24.8 Å². The molecule has 3 saturated heterocycles. The molecule has 3 aliphatic rings. The molecule has 0 bridgehead atoms. The second-order valence-electron chi connectivity index (χ2n) is 6.93. The topological polar surface area (TPSA) is 63.7 Å². The van der Waals surface area contributed by atoms with Crippen LogP contribution in [0.2, 0.25) is 0 Å². The average molecular weight is 352 g/mol. The van der Waals surface area contributed by atoms with E-state index in [1.807, 2.05) is 11.9 Å². The van der Waals surface area contributed by atoms with Crippen LogP contribution < -0.4 is 5.32 Å². The third-order valence-corrected chi connectivity index (χ3v) is 5.27. The molecule has 0 aromatic rings. The van der Waals surface area contributed by atoms with Gasteiger partial charge in [-0.2, -0.15) is 0 Å². The summed E-state index contributed by atoms with van der Waals surface area (Å²) in [5.74, 6) is 1.22. The maximum Gasteiger partial charge on any atom is 0.236 e. The van der Waals surface area contributed by atoms with Gasteiger partial charge in [-0.3, -0.25) is 14.7 Å². The summed E-state index contributed by atoms with van der Waals surface area (Å²) in [5.41, 5.74) is 0. The van der Waals surface area contributed by atoms with Gasteiger partial charge in [0.05, 0.1) is 19.8 Å². The number of hydrogen-bond donors (Lipinski definition) is 1. The largest absolute Gasteiger partial charge is 0.378 e. The van der Waals surface area contributed by atoms with Crippen molar-refractivity contribution in [3.8, 4) is 0 Å². The van der Waals surface area contributed by atoms with Gasteiger partial charge in [0.2, 0.25) is 5.91 Å². The number of nitrogens with one attached hydrogen (secondary N) is 1. The van der Waals surface area contributed by atoms with E-state index in [0.29, 0.717) is 19.8 Å². The number of carbonyl (C=O) groups excluding carboxylic acids is 1. The van der Waals surface area contributed by atoms with Crippen LogP contribution in [0.15, 0.2) is 4.99 Å². The highest BCUT2D eigenvalue weighted by Crippen LogP contribution is 2.06. The van der Waals surface area contributed by atoms with Crippen LogP contribution in [0.3, 0.4) is 0 Å². The second kappa shape index (κ2) is 9.35. The molecule has 0 aromatic heterocycles. The fraction of sp³-hybridized carbons (Fsp3) is 0.882. The van der Waals surface area contributed by atoms with Gasteiger partial charge in [-0.05, 0) is 19.5 Å². The zero-order valence-electron chi connectivity index (χ0n) is 15.5. The first kappa shape index (κ1) is 18.4. The van der Waals surface area contributed by atoms with E-state index in [4.69, 9.17) is 4.74 Å². The van der Waals surface area contributed by atoms with E-state index in [2.05, 4.69) is 25.0 Å². The van der Waals surface area contributed by atoms with Crippen LogP contribution in [0.1, 0.15) is 6.42 Å². The third-order valence-electron chi connectivity index (χ3n) is 5.27. The van der Waals surface area contributed by atoms with Crippen molar-refractivity contribution in [1.29, 1.82) is 0 Å². The molecule has 3 aliphatic heterocycles. The highest BCUT2D eigenvalue weighted by atomic mass is 16.5. The lowest BCUT2D eigenvalue weighted by Crippen LogP contribution is -2.55. The van der Waals surface area contributed by atoms with Crippen LogP contribution in [-0.2, 0) is 9.53 Å². The van der Waals surface area contributed by atoms with E-state index >= 15 is 0 Å². The first-order valence-electron chi connectivity index (χ1n) is 9.52. The number of likely N-dealkylation sites (tertiary alicyclic amines) is 1. The molecule has 8 heteroatoms. The van der Waals surface area contributed by atoms with Gasteiger partial charge in [0, 0.05) is 59.4 Å². The summed E-state index contributed by atoms with van der Waals surface area (Å²) in [6, 6.07) is 0. The zero-order chi connectivity index (χ0) is 17.5. The molecule has 0 spiro atoms. The Morgan fingerprint density at radius 1 is 0.960 bits per heavy atom. The number of nitrogens with zero attached hydrogens (tertiary/aromatic N) is 5. The Labute approximate surface area is 150 Å². The fourth-order valence-corrected chi connectivity index (χ4v) is 3.49. The summed E-state index contributed by atoms with van der Waals surface area (Å²) in [4.78, 5) is 25.7. The summed E-state index contributed by atoms with van der Waals surface area (Å²) in [6.45, 7) is 11.5. The van der Waals surface area contributed by atoms with Crippen LogP contribution in [0.25, 0.3) is 0 Å². The van der Waals surface area contributed by atoms with E-state index in [1.165, 1.54) is 19.5 Å². The maximum atomic E-state index is 12.4. The molecule has 1 N–H and O–H groups in total.